The van der Waals surface area contributed by atoms with Crippen LogP contribution in [-0.4, -0.2) is 28.3 Å². The summed E-state index contributed by atoms with van der Waals surface area (Å²) in [5, 5.41) is 13.5. The average Bonchev–Trinajstić information content (AvgIpc) is 2.79. The predicted molar refractivity (Wildman–Crippen MR) is 79.6 cm³/mol. The molecule has 0 saturated carbocycles. The molecular formula is C13H19NO3S2. The Morgan fingerprint density at radius 1 is 1.47 bits per heavy atom. The summed E-state index contributed by atoms with van der Waals surface area (Å²) in [6.07, 6.45) is 0.499. The van der Waals surface area contributed by atoms with Crippen LogP contribution >= 0.6 is 23.1 Å². The van der Waals surface area contributed by atoms with Crippen LogP contribution < -0.4 is 5.32 Å². The number of rotatable bonds is 8. The second kappa shape index (κ2) is 7.55. The number of carboxylic acids is 1. The van der Waals surface area contributed by atoms with Crippen molar-refractivity contribution < 1.29 is 14.7 Å². The number of amides is 1. The van der Waals surface area contributed by atoms with Gasteiger partial charge in [0.1, 0.15) is 0 Å². The summed E-state index contributed by atoms with van der Waals surface area (Å²) in [6, 6.07) is 4.04. The first-order chi connectivity index (χ1) is 8.89. The molecule has 0 atom stereocenters. The normalized spacial score (nSPS) is 11.3. The van der Waals surface area contributed by atoms with Crippen LogP contribution in [0.2, 0.25) is 0 Å². The van der Waals surface area contributed by atoms with E-state index in [1.165, 1.54) is 4.88 Å². The molecule has 0 aliphatic rings. The molecule has 1 amide bonds. The minimum Gasteiger partial charge on any atom is -0.481 e. The lowest BCUT2D eigenvalue weighted by Gasteiger charge is -2.25. The Kier molecular flexibility index (Phi) is 6.37. The van der Waals surface area contributed by atoms with Crippen molar-refractivity contribution in [2.24, 2.45) is 0 Å². The molecule has 0 saturated heterocycles. The number of thiophene rings is 1. The second-order valence-electron chi connectivity index (χ2n) is 4.90. The zero-order valence-electron chi connectivity index (χ0n) is 11.1. The van der Waals surface area contributed by atoms with Crippen LogP contribution in [0.15, 0.2) is 17.5 Å². The molecule has 0 spiro atoms. The van der Waals surface area contributed by atoms with Crippen molar-refractivity contribution in [2.75, 3.05) is 5.75 Å². The number of carbonyl (C=O) groups excluding carboxylic acids is 1. The summed E-state index contributed by atoms with van der Waals surface area (Å²) in [5.74, 6) is 0.348. The van der Waals surface area contributed by atoms with Crippen LogP contribution in [0.25, 0.3) is 0 Å². The molecular weight excluding hydrogens is 282 g/mol. The number of hydrogen-bond donors (Lipinski definition) is 2. The van der Waals surface area contributed by atoms with Crippen molar-refractivity contribution in [1.29, 1.82) is 0 Å². The minimum absolute atomic E-state index is 0.0445. The van der Waals surface area contributed by atoms with Gasteiger partial charge in [0.2, 0.25) is 5.91 Å². The largest absolute Gasteiger partial charge is 0.481 e. The fraction of sp³-hybridized carbons (Fsp3) is 0.538. The summed E-state index contributed by atoms with van der Waals surface area (Å²) in [5.41, 5.74) is -0.473. The molecule has 0 aliphatic heterocycles. The Morgan fingerprint density at radius 3 is 2.79 bits per heavy atom. The van der Waals surface area contributed by atoms with Crippen LogP contribution in [0, 0.1) is 0 Å². The topological polar surface area (TPSA) is 66.4 Å². The van der Waals surface area contributed by atoms with E-state index in [9.17, 15) is 9.59 Å². The molecule has 1 rings (SSSR count). The van der Waals surface area contributed by atoms with Gasteiger partial charge in [0.25, 0.3) is 0 Å². The fourth-order valence-corrected chi connectivity index (χ4v) is 3.20. The molecule has 0 bridgehead atoms. The van der Waals surface area contributed by atoms with E-state index in [1.807, 2.05) is 31.4 Å². The number of hydrogen-bond acceptors (Lipinski definition) is 4. The van der Waals surface area contributed by atoms with E-state index in [1.54, 1.807) is 23.1 Å². The minimum atomic E-state index is -0.839. The highest BCUT2D eigenvalue weighted by Crippen LogP contribution is 2.17. The Hall–Kier alpha value is -1.01. The van der Waals surface area contributed by atoms with Gasteiger partial charge in [0.15, 0.2) is 0 Å². The molecule has 0 fully saturated rings. The summed E-state index contributed by atoms with van der Waals surface area (Å²) in [6.45, 7) is 3.69. The van der Waals surface area contributed by atoms with E-state index in [0.29, 0.717) is 12.2 Å². The summed E-state index contributed by atoms with van der Waals surface area (Å²) in [7, 11) is 0. The van der Waals surface area contributed by atoms with E-state index < -0.39 is 11.5 Å². The first-order valence-corrected chi connectivity index (χ1v) is 8.05. The number of aliphatic carboxylic acids is 1. The number of nitrogens with one attached hydrogen (secondary N) is 1. The smallest absolute Gasteiger partial charge is 0.303 e. The molecule has 6 heteroatoms. The van der Waals surface area contributed by atoms with Gasteiger partial charge >= 0.3 is 5.97 Å². The number of thioether (sulfide) groups is 1. The first kappa shape index (κ1) is 16.0. The van der Waals surface area contributed by atoms with Crippen LogP contribution in [0.5, 0.6) is 0 Å². The molecule has 1 aromatic rings. The van der Waals surface area contributed by atoms with Crippen molar-refractivity contribution in [3.8, 4) is 0 Å². The van der Waals surface area contributed by atoms with Gasteiger partial charge in [0.05, 0.1) is 5.75 Å². The molecule has 106 valence electrons. The molecule has 1 heterocycles. The molecule has 2 N–H and O–H groups in total. The maximum atomic E-state index is 11.8. The average molecular weight is 301 g/mol. The quantitative estimate of drug-likeness (QED) is 0.775. The molecule has 1 aromatic heterocycles. The molecule has 0 aromatic carbocycles. The zero-order chi connectivity index (χ0) is 14.3. The fourth-order valence-electron chi connectivity index (χ4n) is 1.53. The van der Waals surface area contributed by atoms with Crippen molar-refractivity contribution in [3.63, 3.8) is 0 Å². The van der Waals surface area contributed by atoms with Gasteiger partial charge in [-0.2, -0.15) is 0 Å². The number of carboxylic acid groups (broad SMARTS) is 1. The van der Waals surface area contributed by atoms with Crippen molar-refractivity contribution in [3.05, 3.63) is 22.4 Å². The predicted octanol–water partition coefficient (Wildman–Crippen LogP) is 2.74. The Balaban J connectivity index is 2.24. The van der Waals surface area contributed by atoms with E-state index >= 15 is 0 Å². The van der Waals surface area contributed by atoms with Gasteiger partial charge in [-0.15, -0.1) is 23.1 Å². The number of carbonyl (C=O) groups is 2. The molecule has 4 nitrogen and oxygen atoms in total. The maximum Gasteiger partial charge on any atom is 0.303 e. The van der Waals surface area contributed by atoms with E-state index in [4.69, 9.17) is 5.11 Å². The Labute approximate surface area is 121 Å². The van der Waals surface area contributed by atoms with Crippen molar-refractivity contribution in [1.82, 2.24) is 5.32 Å². The summed E-state index contributed by atoms with van der Waals surface area (Å²) >= 11 is 3.25. The highest BCUT2D eigenvalue weighted by atomic mass is 32.2. The lowest BCUT2D eigenvalue weighted by Crippen LogP contribution is -2.44. The maximum absolute atomic E-state index is 11.8. The highest BCUT2D eigenvalue weighted by molar-refractivity contribution is 7.99. The SMILES string of the molecule is CC(C)(CCC(=O)O)NC(=O)CSCc1cccs1. The zero-order valence-corrected chi connectivity index (χ0v) is 12.8. The van der Waals surface area contributed by atoms with Crippen molar-refractivity contribution >= 4 is 35.0 Å². The van der Waals surface area contributed by atoms with Gasteiger partial charge in [-0.05, 0) is 31.7 Å². The third-order valence-electron chi connectivity index (χ3n) is 2.50. The Bertz CT molecular complexity index is 416. The molecule has 19 heavy (non-hydrogen) atoms. The third-order valence-corrected chi connectivity index (χ3v) is 4.54. The van der Waals surface area contributed by atoms with E-state index in [2.05, 4.69) is 5.32 Å². The summed E-state index contributed by atoms with van der Waals surface area (Å²) < 4.78 is 0. The lowest BCUT2D eigenvalue weighted by atomic mass is 9.98. The first-order valence-electron chi connectivity index (χ1n) is 6.02. The molecule has 0 aliphatic carbocycles. The van der Waals surface area contributed by atoms with Crippen LogP contribution in [0.1, 0.15) is 31.6 Å². The van der Waals surface area contributed by atoms with Gasteiger partial charge in [-0.1, -0.05) is 6.07 Å². The third kappa shape index (κ3) is 7.22. The van der Waals surface area contributed by atoms with E-state index in [-0.39, 0.29) is 12.3 Å². The Morgan fingerprint density at radius 2 is 2.21 bits per heavy atom. The molecule has 0 radical (unpaired) electrons. The van der Waals surface area contributed by atoms with Gasteiger partial charge < -0.3 is 10.4 Å². The summed E-state index contributed by atoms with van der Waals surface area (Å²) in [4.78, 5) is 23.5. The van der Waals surface area contributed by atoms with E-state index in [0.717, 1.165) is 5.75 Å². The van der Waals surface area contributed by atoms with Crippen LogP contribution in [0.3, 0.4) is 0 Å². The van der Waals surface area contributed by atoms with Gasteiger partial charge in [-0.3, -0.25) is 9.59 Å². The molecule has 0 unspecified atom stereocenters. The van der Waals surface area contributed by atoms with Gasteiger partial charge in [-0.25, -0.2) is 0 Å². The standard InChI is InChI=1S/C13H19NO3S2/c1-13(2,6-5-12(16)17)14-11(15)9-18-8-10-4-3-7-19-10/h3-4,7H,5-6,8-9H2,1-2H3,(H,14,15)(H,16,17). The van der Waals surface area contributed by atoms with Crippen LogP contribution in [0.4, 0.5) is 0 Å². The second-order valence-corrected chi connectivity index (χ2v) is 6.92. The lowest BCUT2D eigenvalue weighted by molar-refractivity contribution is -0.137. The van der Waals surface area contributed by atoms with Crippen LogP contribution in [-0.2, 0) is 15.3 Å². The highest BCUT2D eigenvalue weighted by Gasteiger charge is 2.21. The monoisotopic (exact) mass is 301 g/mol. The van der Waals surface area contributed by atoms with Crippen molar-refractivity contribution in [2.45, 2.75) is 38.0 Å². The van der Waals surface area contributed by atoms with Gasteiger partial charge in [0, 0.05) is 22.6 Å².